The second-order valence-electron chi connectivity index (χ2n) is 5.96. The van der Waals surface area contributed by atoms with Crippen LogP contribution in [0, 0.1) is 6.92 Å². The molecule has 0 aliphatic rings. The number of amides is 1. The monoisotopic (exact) mass is 347 g/mol. The van der Waals surface area contributed by atoms with Crippen molar-refractivity contribution in [2.75, 3.05) is 12.4 Å². The quantitative estimate of drug-likeness (QED) is 0.694. The maximum absolute atomic E-state index is 12.6. The predicted molar refractivity (Wildman–Crippen MR) is 103 cm³/mol. The Morgan fingerprint density at radius 1 is 0.962 bits per heavy atom. The van der Waals surface area contributed by atoms with Crippen molar-refractivity contribution < 1.29 is 14.3 Å². The van der Waals surface area contributed by atoms with Gasteiger partial charge in [-0.3, -0.25) is 4.79 Å². The molecule has 3 aromatic rings. The first-order chi connectivity index (χ1) is 12.7. The van der Waals surface area contributed by atoms with Gasteiger partial charge in [0.1, 0.15) is 18.1 Å². The second kappa shape index (κ2) is 8.21. The van der Waals surface area contributed by atoms with Crippen LogP contribution in [0.1, 0.15) is 21.5 Å². The summed E-state index contributed by atoms with van der Waals surface area (Å²) >= 11 is 0. The van der Waals surface area contributed by atoms with E-state index < -0.39 is 0 Å². The van der Waals surface area contributed by atoms with Gasteiger partial charge in [-0.2, -0.15) is 0 Å². The molecule has 0 spiro atoms. The zero-order chi connectivity index (χ0) is 18.4. The molecule has 1 amide bonds. The number of anilines is 1. The first-order valence-electron chi connectivity index (χ1n) is 8.38. The molecule has 0 aliphatic heterocycles. The van der Waals surface area contributed by atoms with Gasteiger partial charge in [0.25, 0.3) is 5.91 Å². The third-order valence-corrected chi connectivity index (χ3v) is 3.95. The van der Waals surface area contributed by atoms with Crippen molar-refractivity contribution in [3.8, 4) is 11.5 Å². The van der Waals surface area contributed by atoms with Crippen LogP contribution in [0.15, 0.2) is 72.8 Å². The normalized spacial score (nSPS) is 10.2. The maximum Gasteiger partial charge on any atom is 0.255 e. The number of hydrogen-bond acceptors (Lipinski definition) is 3. The number of carbonyl (C=O) groups is 1. The Hall–Kier alpha value is -3.27. The molecule has 3 rings (SSSR count). The minimum atomic E-state index is -0.209. The molecule has 26 heavy (non-hydrogen) atoms. The summed E-state index contributed by atoms with van der Waals surface area (Å²) in [7, 11) is 1.58. The summed E-state index contributed by atoms with van der Waals surface area (Å²) in [6.07, 6.45) is 0. The molecule has 0 aromatic heterocycles. The Balaban J connectivity index is 1.71. The zero-order valence-corrected chi connectivity index (χ0v) is 14.9. The van der Waals surface area contributed by atoms with Gasteiger partial charge < -0.3 is 14.8 Å². The molecule has 0 atom stereocenters. The molecule has 0 unspecified atom stereocenters. The summed E-state index contributed by atoms with van der Waals surface area (Å²) < 4.78 is 11.1. The van der Waals surface area contributed by atoms with Crippen LogP contribution in [0.5, 0.6) is 11.5 Å². The van der Waals surface area contributed by atoms with Crippen molar-refractivity contribution in [1.29, 1.82) is 0 Å². The van der Waals surface area contributed by atoms with Crippen LogP contribution in [0.4, 0.5) is 5.69 Å². The molecule has 0 fully saturated rings. The van der Waals surface area contributed by atoms with E-state index in [2.05, 4.69) is 5.32 Å². The average molecular weight is 347 g/mol. The lowest BCUT2D eigenvalue weighted by Crippen LogP contribution is -2.13. The van der Waals surface area contributed by atoms with Gasteiger partial charge >= 0.3 is 0 Å². The van der Waals surface area contributed by atoms with Crippen LogP contribution in [-0.2, 0) is 6.61 Å². The lowest BCUT2D eigenvalue weighted by atomic mass is 10.1. The maximum atomic E-state index is 12.6. The largest absolute Gasteiger partial charge is 0.495 e. The number of aryl methyl sites for hydroxylation is 1. The molecule has 0 heterocycles. The molecule has 0 bridgehead atoms. The van der Waals surface area contributed by atoms with Crippen molar-refractivity contribution in [3.05, 3.63) is 89.5 Å². The topological polar surface area (TPSA) is 47.6 Å². The van der Waals surface area contributed by atoms with Crippen LogP contribution in [-0.4, -0.2) is 13.0 Å². The molecule has 132 valence electrons. The minimum absolute atomic E-state index is 0.209. The Morgan fingerprint density at radius 3 is 2.54 bits per heavy atom. The van der Waals surface area contributed by atoms with Gasteiger partial charge in [-0.1, -0.05) is 42.5 Å². The fraction of sp³-hybridized carbons (Fsp3) is 0.136. The number of ether oxygens (including phenoxy) is 2. The third-order valence-electron chi connectivity index (χ3n) is 3.95. The number of carbonyl (C=O) groups excluding carboxylic acids is 1. The molecule has 0 saturated heterocycles. The number of benzene rings is 3. The van der Waals surface area contributed by atoms with Crippen LogP contribution < -0.4 is 14.8 Å². The van der Waals surface area contributed by atoms with Crippen LogP contribution in [0.2, 0.25) is 0 Å². The van der Waals surface area contributed by atoms with Crippen LogP contribution in [0.25, 0.3) is 0 Å². The third kappa shape index (κ3) is 4.42. The zero-order valence-electron chi connectivity index (χ0n) is 14.9. The van der Waals surface area contributed by atoms with Crippen molar-refractivity contribution in [2.45, 2.75) is 13.5 Å². The summed E-state index contributed by atoms with van der Waals surface area (Å²) in [5, 5.41) is 2.90. The van der Waals surface area contributed by atoms with E-state index in [0.717, 1.165) is 11.1 Å². The van der Waals surface area contributed by atoms with E-state index in [4.69, 9.17) is 9.47 Å². The van der Waals surface area contributed by atoms with E-state index in [1.165, 1.54) is 0 Å². The highest BCUT2D eigenvalue weighted by Gasteiger charge is 2.11. The average Bonchev–Trinajstić information content (AvgIpc) is 2.67. The standard InChI is InChI=1S/C22H21NO3/c1-16-11-12-21(25-2)20(13-16)23-22(24)18-9-6-10-19(14-18)26-15-17-7-4-3-5-8-17/h3-14H,15H2,1-2H3,(H,23,24). The van der Waals surface area contributed by atoms with E-state index in [1.807, 2.05) is 67.6 Å². The van der Waals surface area contributed by atoms with E-state index >= 15 is 0 Å². The Bertz CT molecular complexity index is 891. The van der Waals surface area contributed by atoms with Gasteiger partial charge in [0.2, 0.25) is 0 Å². The lowest BCUT2D eigenvalue weighted by molar-refractivity contribution is 0.102. The Labute approximate surface area is 153 Å². The van der Waals surface area contributed by atoms with Gasteiger partial charge in [-0.15, -0.1) is 0 Å². The highest BCUT2D eigenvalue weighted by molar-refractivity contribution is 6.05. The number of methoxy groups -OCH3 is 1. The van der Waals surface area contributed by atoms with E-state index in [9.17, 15) is 4.79 Å². The fourth-order valence-corrected chi connectivity index (χ4v) is 2.58. The summed E-state index contributed by atoms with van der Waals surface area (Å²) in [4.78, 5) is 12.6. The SMILES string of the molecule is COc1ccc(C)cc1NC(=O)c1cccc(OCc2ccccc2)c1. The minimum Gasteiger partial charge on any atom is -0.495 e. The Morgan fingerprint density at radius 2 is 1.77 bits per heavy atom. The van der Waals surface area contributed by atoms with Crippen molar-refractivity contribution in [2.24, 2.45) is 0 Å². The molecule has 4 nitrogen and oxygen atoms in total. The summed E-state index contributed by atoms with van der Waals surface area (Å²) in [5.74, 6) is 1.07. The Kier molecular flexibility index (Phi) is 5.54. The summed E-state index contributed by atoms with van der Waals surface area (Å²) in [5.41, 5.74) is 3.29. The first kappa shape index (κ1) is 17.5. The molecule has 4 heteroatoms. The highest BCUT2D eigenvalue weighted by Crippen LogP contribution is 2.26. The van der Waals surface area contributed by atoms with E-state index in [-0.39, 0.29) is 5.91 Å². The second-order valence-corrected chi connectivity index (χ2v) is 5.96. The first-order valence-corrected chi connectivity index (χ1v) is 8.38. The lowest BCUT2D eigenvalue weighted by Gasteiger charge is -2.12. The van der Waals surface area contributed by atoms with Gasteiger partial charge in [-0.25, -0.2) is 0 Å². The van der Waals surface area contributed by atoms with E-state index in [0.29, 0.717) is 29.4 Å². The molecule has 1 N–H and O–H groups in total. The van der Waals surface area contributed by atoms with Gasteiger partial charge in [0.05, 0.1) is 12.8 Å². The molecule has 3 aromatic carbocycles. The summed E-state index contributed by atoms with van der Waals surface area (Å²) in [6, 6.07) is 22.7. The van der Waals surface area contributed by atoms with Crippen LogP contribution >= 0.6 is 0 Å². The summed E-state index contributed by atoms with van der Waals surface area (Å²) in [6.45, 7) is 2.42. The van der Waals surface area contributed by atoms with E-state index in [1.54, 1.807) is 19.2 Å². The number of rotatable bonds is 6. The number of nitrogens with one attached hydrogen (secondary N) is 1. The fourth-order valence-electron chi connectivity index (χ4n) is 2.58. The van der Waals surface area contributed by atoms with Gasteiger partial charge in [-0.05, 0) is 48.4 Å². The molecular weight excluding hydrogens is 326 g/mol. The molecule has 0 radical (unpaired) electrons. The van der Waals surface area contributed by atoms with Crippen molar-refractivity contribution in [1.82, 2.24) is 0 Å². The predicted octanol–water partition coefficient (Wildman–Crippen LogP) is 4.83. The van der Waals surface area contributed by atoms with Crippen molar-refractivity contribution >= 4 is 11.6 Å². The number of hydrogen-bond donors (Lipinski definition) is 1. The molecule has 0 saturated carbocycles. The highest BCUT2D eigenvalue weighted by atomic mass is 16.5. The molecule has 0 aliphatic carbocycles. The molecular formula is C22H21NO3. The van der Waals surface area contributed by atoms with Gasteiger partial charge in [0.15, 0.2) is 0 Å². The van der Waals surface area contributed by atoms with Crippen LogP contribution in [0.3, 0.4) is 0 Å². The van der Waals surface area contributed by atoms with Crippen molar-refractivity contribution in [3.63, 3.8) is 0 Å². The smallest absolute Gasteiger partial charge is 0.255 e. The van der Waals surface area contributed by atoms with Gasteiger partial charge in [0, 0.05) is 5.56 Å².